The summed E-state index contributed by atoms with van der Waals surface area (Å²) in [5.74, 6) is -0.527. The SMILES string of the molecule is CCCNC(=O)c1nn(-c2ccc(C(C)C)cc2)c(=O)n(Cc2cccc(C(F)(F)F)c2)c1=O. The standard InChI is InChI=1S/C24H25F3N4O3/c1-4-12-28-21(32)20-22(33)30(14-16-6-5-7-18(13-16)24(25,26)27)23(34)31(29-20)19-10-8-17(9-11-19)15(2)3/h5-11,13,15H,4,12,14H2,1-3H3,(H,28,32). The molecule has 0 saturated heterocycles. The highest BCUT2D eigenvalue weighted by Crippen LogP contribution is 2.29. The van der Waals surface area contributed by atoms with Gasteiger partial charge in [-0.1, -0.05) is 45.0 Å². The van der Waals surface area contributed by atoms with Crippen LogP contribution >= 0.6 is 0 Å². The summed E-state index contributed by atoms with van der Waals surface area (Å²) in [5, 5.41) is 6.56. The maximum absolute atomic E-state index is 13.2. The van der Waals surface area contributed by atoms with Crippen LogP contribution in [-0.2, 0) is 12.7 Å². The second-order valence-corrected chi connectivity index (χ2v) is 8.13. The van der Waals surface area contributed by atoms with Crippen molar-refractivity contribution in [2.75, 3.05) is 6.54 Å². The summed E-state index contributed by atoms with van der Waals surface area (Å²) >= 11 is 0. The fourth-order valence-corrected chi connectivity index (χ4v) is 3.32. The van der Waals surface area contributed by atoms with Crippen molar-refractivity contribution in [1.82, 2.24) is 19.7 Å². The molecule has 0 radical (unpaired) electrons. The van der Waals surface area contributed by atoms with Gasteiger partial charge < -0.3 is 5.32 Å². The van der Waals surface area contributed by atoms with E-state index >= 15 is 0 Å². The number of carbonyl (C=O) groups is 1. The van der Waals surface area contributed by atoms with Gasteiger partial charge in [0.1, 0.15) is 0 Å². The second kappa shape index (κ2) is 10.1. The van der Waals surface area contributed by atoms with E-state index in [0.717, 1.165) is 26.9 Å². The summed E-state index contributed by atoms with van der Waals surface area (Å²) < 4.78 is 41.0. The van der Waals surface area contributed by atoms with Gasteiger partial charge in [0, 0.05) is 6.54 Å². The molecule has 1 heterocycles. The summed E-state index contributed by atoms with van der Waals surface area (Å²) in [7, 11) is 0. The Morgan fingerprint density at radius 2 is 1.76 bits per heavy atom. The van der Waals surface area contributed by atoms with Gasteiger partial charge in [0.2, 0.25) is 5.69 Å². The number of rotatable bonds is 7. The number of aromatic nitrogens is 3. The van der Waals surface area contributed by atoms with Gasteiger partial charge in [-0.25, -0.2) is 4.79 Å². The summed E-state index contributed by atoms with van der Waals surface area (Å²) in [4.78, 5) is 38.8. The lowest BCUT2D eigenvalue weighted by molar-refractivity contribution is -0.137. The molecule has 0 unspecified atom stereocenters. The minimum Gasteiger partial charge on any atom is -0.350 e. The van der Waals surface area contributed by atoms with Crippen LogP contribution in [0.1, 0.15) is 60.3 Å². The molecule has 1 amide bonds. The first-order valence-corrected chi connectivity index (χ1v) is 10.8. The van der Waals surface area contributed by atoms with Crippen molar-refractivity contribution in [2.45, 2.75) is 45.8 Å². The van der Waals surface area contributed by atoms with Crippen molar-refractivity contribution in [3.8, 4) is 5.69 Å². The second-order valence-electron chi connectivity index (χ2n) is 8.13. The highest BCUT2D eigenvalue weighted by Gasteiger charge is 2.30. The predicted molar refractivity (Wildman–Crippen MR) is 121 cm³/mol. The molecule has 0 fully saturated rings. The molecule has 2 aromatic carbocycles. The molecule has 0 spiro atoms. The van der Waals surface area contributed by atoms with E-state index < -0.39 is 41.1 Å². The number of amides is 1. The average Bonchev–Trinajstić information content (AvgIpc) is 2.80. The molecule has 0 bridgehead atoms. The molecule has 0 aliphatic carbocycles. The van der Waals surface area contributed by atoms with Crippen molar-refractivity contribution in [3.63, 3.8) is 0 Å². The third-order valence-corrected chi connectivity index (χ3v) is 5.21. The number of nitrogens with one attached hydrogen (secondary N) is 1. The Morgan fingerprint density at radius 3 is 2.35 bits per heavy atom. The van der Waals surface area contributed by atoms with Crippen molar-refractivity contribution < 1.29 is 18.0 Å². The Bertz CT molecular complexity index is 1290. The Labute approximate surface area is 193 Å². The van der Waals surface area contributed by atoms with Crippen LogP contribution in [0.4, 0.5) is 13.2 Å². The third-order valence-electron chi connectivity index (χ3n) is 5.21. The highest BCUT2D eigenvalue weighted by atomic mass is 19.4. The van der Waals surface area contributed by atoms with Crippen LogP contribution in [0.15, 0.2) is 58.1 Å². The summed E-state index contributed by atoms with van der Waals surface area (Å²) in [6, 6.07) is 11.2. The van der Waals surface area contributed by atoms with Crippen LogP contribution < -0.4 is 16.6 Å². The van der Waals surface area contributed by atoms with E-state index in [-0.39, 0.29) is 18.0 Å². The minimum atomic E-state index is -4.58. The highest BCUT2D eigenvalue weighted by molar-refractivity contribution is 5.91. The van der Waals surface area contributed by atoms with Crippen LogP contribution in [0.3, 0.4) is 0 Å². The molecule has 180 valence electrons. The van der Waals surface area contributed by atoms with Crippen LogP contribution in [0.25, 0.3) is 5.69 Å². The molecule has 34 heavy (non-hydrogen) atoms. The maximum atomic E-state index is 13.2. The quantitative estimate of drug-likeness (QED) is 0.566. The van der Waals surface area contributed by atoms with Gasteiger partial charge in [0.15, 0.2) is 0 Å². The zero-order valence-electron chi connectivity index (χ0n) is 19.0. The Hall–Kier alpha value is -3.69. The number of carbonyl (C=O) groups excluding carboxylic acids is 1. The van der Waals surface area contributed by atoms with E-state index in [1.807, 2.05) is 20.8 Å². The number of nitrogens with zero attached hydrogens (tertiary/aromatic N) is 3. The first-order valence-electron chi connectivity index (χ1n) is 10.8. The lowest BCUT2D eigenvalue weighted by Gasteiger charge is -2.14. The summed E-state index contributed by atoms with van der Waals surface area (Å²) in [6.07, 6.45) is -3.97. The average molecular weight is 474 g/mol. The maximum Gasteiger partial charge on any atom is 0.416 e. The van der Waals surface area contributed by atoms with Gasteiger partial charge >= 0.3 is 11.9 Å². The topological polar surface area (TPSA) is 86.0 Å². The Morgan fingerprint density at radius 1 is 1.09 bits per heavy atom. The molecule has 0 atom stereocenters. The van der Waals surface area contributed by atoms with Gasteiger partial charge in [-0.2, -0.15) is 23.0 Å². The number of hydrogen-bond acceptors (Lipinski definition) is 4. The molecule has 3 aromatic rings. The monoisotopic (exact) mass is 474 g/mol. The zero-order chi connectivity index (χ0) is 25.0. The molecule has 0 aliphatic heterocycles. The van der Waals surface area contributed by atoms with Gasteiger partial charge in [0.05, 0.1) is 17.8 Å². The molecular weight excluding hydrogens is 449 g/mol. The van der Waals surface area contributed by atoms with E-state index in [2.05, 4.69) is 10.4 Å². The first kappa shape index (κ1) is 24.9. The van der Waals surface area contributed by atoms with E-state index in [1.165, 1.54) is 12.1 Å². The van der Waals surface area contributed by atoms with Crippen molar-refractivity contribution in [2.24, 2.45) is 0 Å². The minimum absolute atomic E-state index is 0.0850. The molecule has 0 aliphatic rings. The van der Waals surface area contributed by atoms with Crippen LogP contribution in [0.2, 0.25) is 0 Å². The van der Waals surface area contributed by atoms with E-state index in [1.54, 1.807) is 24.3 Å². The lowest BCUT2D eigenvalue weighted by Crippen LogP contribution is -2.46. The molecule has 7 nitrogen and oxygen atoms in total. The fraction of sp³-hybridized carbons (Fsp3) is 0.333. The zero-order valence-corrected chi connectivity index (χ0v) is 19.0. The van der Waals surface area contributed by atoms with Gasteiger partial charge in [-0.3, -0.25) is 14.2 Å². The van der Waals surface area contributed by atoms with Crippen molar-refractivity contribution in [3.05, 3.63) is 91.8 Å². The Kier molecular flexibility index (Phi) is 7.38. The van der Waals surface area contributed by atoms with Crippen LogP contribution in [0, 0.1) is 0 Å². The molecule has 0 saturated carbocycles. The molecular formula is C24H25F3N4O3. The number of benzene rings is 2. The molecule has 10 heteroatoms. The number of hydrogen-bond donors (Lipinski definition) is 1. The third kappa shape index (κ3) is 5.44. The first-order chi connectivity index (χ1) is 16.0. The number of halogens is 3. The summed E-state index contributed by atoms with van der Waals surface area (Å²) in [6.45, 7) is 5.67. The lowest BCUT2D eigenvalue weighted by atomic mass is 10.0. The van der Waals surface area contributed by atoms with Gasteiger partial charge in [-0.15, -0.1) is 0 Å². The van der Waals surface area contributed by atoms with E-state index in [0.29, 0.717) is 12.1 Å². The molecule has 1 aromatic heterocycles. The Balaban J connectivity index is 2.16. The number of alkyl halides is 3. The summed E-state index contributed by atoms with van der Waals surface area (Å²) in [5.41, 5.74) is -1.86. The van der Waals surface area contributed by atoms with Crippen molar-refractivity contribution >= 4 is 5.91 Å². The molecule has 1 N–H and O–H groups in total. The normalized spacial score (nSPS) is 11.6. The van der Waals surface area contributed by atoms with Crippen LogP contribution in [-0.4, -0.2) is 26.8 Å². The van der Waals surface area contributed by atoms with E-state index in [4.69, 9.17) is 0 Å². The molecule has 3 rings (SSSR count). The van der Waals surface area contributed by atoms with Gasteiger partial charge in [0.25, 0.3) is 11.5 Å². The predicted octanol–water partition coefficient (Wildman–Crippen LogP) is 3.72. The van der Waals surface area contributed by atoms with Crippen molar-refractivity contribution in [1.29, 1.82) is 0 Å². The fourth-order valence-electron chi connectivity index (χ4n) is 3.32. The van der Waals surface area contributed by atoms with Gasteiger partial charge in [-0.05, 0) is 47.7 Å². The smallest absolute Gasteiger partial charge is 0.350 e. The van der Waals surface area contributed by atoms with Crippen LogP contribution in [0.5, 0.6) is 0 Å². The van der Waals surface area contributed by atoms with E-state index in [9.17, 15) is 27.6 Å². The largest absolute Gasteiger partial charge is 0.416 e.